The fourth-order valence-corrected chi connectivity index (χ4v) is 2.93. The van der Waals surface area contributed by atoms with Crippen LogP contribution in [0.5, 0.6) is 0 Å². The number of nitrogens with one attached hydrogen (secondary N) is 2. The number of carbonyl (C=O) groups is 1. The molecule has 1 aromatic carbocycles. The van der Waals surface area contributed by atoms with Crippen molar-refractivity contribution in [1.82, 2.24) is 0 Å². The number of thiophene rings is 1. The van der Waals surface area contributed by atoms with Gasteiger partial charge in [0.1, 0.15) is 0 Å². The molecule has 19 heavy (non-hydrogen) atoms. The van der Waals surface area contributed by atoms with Crippen molar-refractivity contribution < 1.29 is 9.90 Å². The number of benzene rings is 1. The fourth-order valence-electron chi connectivity index (χ4n) is 1.54. The number of carboxylic acid groups (broad SMARTS) is 1. The van der Waals surface area contributed by atoms with Gasteiger partial charge in [0.25, 0.3) is 0 Å². The van der Waals surface area contributed by atoms with Gasteiger partial charge in [-0.05, 0) is 40.2 Å². The molecule has 0 aliphatic heterocycles. The highest BCUT2D eigenvalue weighted by Gasteiger charge is 2.04. The molecule has 7 heteroatoms. The summed E-state index contributed by atoms with van der Waals surface area (Å²) in [6, 6.07) is 7.16. The van der Waals surface area contributed by atoms with E-state index in [1.54, 1.807) is 29.5 Å². The Hall–Kier alpha value is -1.73. The van der Waals surface area contributed by atoms with Gasteiger partial charge in [0, 0.05) is 27.0 Å². The summed E-state index contributed by atoms with van der Waals surface area (Å²) >= 11 is 5.06. The fraction of sp³-hybridized carbons (Fsp3) is 0.0833. The number of amides is 1. The Balaban J connectivity index is 2.01. The Morgan fingerprint density at radius 2 is 2.21 bits per heavy atom. The number of rotatable bonds is 4. The lowest BCUT2D eigenvalue weighted by Gasteiger charge is -2.09. The summed E-state index contributed by atoms with van der Waals surface area (Å²) in [5.41, 5.74) is 7.39. The molecule has 1 heterocycles. The molecule has 0 bridgehead atoms. The highest BCUT2D eigenvalue weighted by molar-refractivity contribution is 9.10. The monoisotopic (exact) mass is 341 g/mol. The third-order valence-electron chi connectivity index (χ3n) is 2.38. The summed E-state index contributed by atoms with van der Waals surface area (Å²) in [4.78, 5) is 11.7. The van der Waals surface area contributed by atoms with Crippen molar-refractivity contribution in [3.8, 4) is 0 Å². The molecule has 0 saturated carbocycles. The molecule has 0 spiro atoms. The SMILES string of the molecule is Nc1cc(NCc2cc(Br)cs2)ccc1NC(=O)O. The highest BCUT2D eigenvalue weighted by Crippen LogP contribution is 2.24. The zero-order valence-corrected chi connectivity index (χ0v) is 12.2. The van der Waals surface area contributed by atoms with Gasteiger partial charge < -0.3 is 16.2 Å². The van der Waals surface area contributed by atoms with E-state index in [0.717, 1.165) is 10.2 Å². The lowest BCUT2D eigenvalue weighted by atomic mass is 10.2. The van der Waals surface area contributed by atoms with Crippen LogP contribution in [0.15, 0.2) is 34.1 Å². The number of hydrogen-bond acceptors (Lipinski definition) is 4. The summed E-state index contributed by atoms with van der Waals surface area (Å²) in [7, 11) is 0. The minimum Gasteiger partial charge on any atom is -0.465 e. The molecule has 5 nitrogen and oxygen atoms in total. The average Bonchev–Trinajstić information content (AvgIpc) is 2.75. The second kappa shape index (κ2) is 5.94. The van der Waals surface area contributed by atoms with Crippen LogP contribution in [0.2, 0.25) is 0 Å². The van der Waals surface area contributed by atoms with Crippen LogP contribution < -0.4 is 16.4 Å². The number of nitrogen functional groups attached to an aromatic ring is 1. The van der Waals surface area contributed by atoms with Gasteiger partial charge in [0.2, 0.25) is 0 Å². The quantitative estimate of drug-likeness (QED) is 0.637. The maximum atomic E-state index is 10.5. The first-order chi connectivity index (χ1) is 9.04. The molecule has 1 amide bonds. The number of anilines is 3. The first kappa shape index (κ1) is 13.7. The molecule has 5 N–H and O–H groups in total. The van der Waals surface area contributed by atoms with E-state index in [1.807, 2.05) is 11.4 Å². The second-order valence-corrected chi connectivity index (χ2v) is 5.73. The normalized spacial score (nSPS) is 10.2. The van der Waals surface area contributed by atoms with Crippen LogP contribution in [0.25, 0.3) is 0 Å². The summed E-state index contributed by atoms with van der Waals surface area (Å²) in [5.74, 6) is 0. The molecular weight excluding hydrogens is 330 g/mol. The van der Waals surface area contributed by atoms with E-state index in [0.29, 0.717) is 17.9 Å². The van der Waals surface area contributed by atoms with Crippen LogP contribution in [0.1, 0.15) is 4.88 Å². The van der Waals surface area contributed by atoms with Gasteiger partial charge in [-0.1, -0.05) is 0 Å². The van der Waals surface area contributed by atoms with Crippen LogP contribution in [0, 0.1) is 0 Å². The van der Waals surface area contributed by atoms with Crippen molar-refractivity contribution >= 4 is 50.4 Å². The highest BCUT2D eigenvalue weighted by atomic mass is 79.9. The van der Waals surface area contributed by atoms with Crippen molar-refractivity contribution in [2.75, 3.05) is 16.4 Å². The first-order valence-corrected chi connectivity index (χ1v) is 7.08. The van der Waals surface area contributed by atoms with E-state index in [2.05, 4.69) is 26.6 Å². The van der Waals surface area contributed by atoms with Crippen molar-refractivity contribution in [1.29, 1.82) is 0 Å². The van der Waals surface area contributed by atoms with Gasteiger partial charge in [0.15, 0.2) is 0 Å². The lowest BCUT2D eigenvalue weighted by molar-refractivity contribution is 0.210. The lowest BCUT2D eigenvalue weighted by Crippen LogP contribution is -2.09. The van der Waals surface area contributed by atoms with Gasteiger partial charge >= 0.3 is 6.09 Å². The zero-order valence-electron chi connectivity index (χ0n) is 9.81. The summed E-state index contributed by atoms with van der Waals surface area (Å²) < 4.78 is 1.06. The molecule has 0 unspecified atom stereocenters. The van der Waals surface area contributed by atoms with Crippen LogP contribution >= 0.6 is 27.3 Å². The van der Waals surface area contributed by atoms with Gasteiger partial charge in [-0.25, -0.2) is 4.79 Å². The molecule has 2 rings (SSSR count). The minimum atomic E-state index is -1.13. The Bertz CT molecular complexity index is 600. The van der Waals surface area contributed by atoms with Crippen LogP contribution in [0.4, 0.5) is 21.9 Å². The summed E-state index contributed by atoms with van der Waals surface area (Å²) in [6.45, 7) is 0.696. The van der Waals surface area contributed by atoms with Crippen molar-refractivity contribution in [3.05, 3.63) is 39.0 Å². The molecular formula is C12H12BrN3O2S. The third-order valence-corrected chi connectivity index (χ3v) is 4.08. The molecule has 1 aromatic heterocycles. The zero-order chi connectivity index (χ0) is 13.8. The average molecular weight is 342 g/mol. The second-order valence-electron chi connectivity index (χ2n) is 3.82. The van der Waals surface area contributed by atoms with Gasteiger partial charge in [-0.15, -0.1) is 11.3 Å². The predicted molar refractivity (Wildman–Crippen MR) is 81.8 cm³/mol. The molecule has 0 atom stereocenters. The molecule has 0 fully saturated rings. The van der Waals surface area contributed by atoms with E-state index in [1.165, 1.54) is 4.88 Å². The molecule has 100 valence electrons. The van der Waals surface area contributed by atoms with Gasteiger partial charge in [-0.2, -0.15) is 0 Å². The maximum Gasteiger partial charge on any atom is 0.409 e. The Morgan fingerprint density at radius 1 is 1.42 bits per heavy atom. The summed E-state index contributed by atoms with van der Waals surface area (Å²) in [5, 5.41) is 16.1. The third kappa shape index (κ3) is 3.87. The smallest absolute Gasteiger partial charge is 0.409 e. The number of nitrogens with two attached hydrogens (primary N) is 1. The number of halogens is 1. The minimum absolute atomic E-state index is 0.386. The van der Waals surface area contributed by atoms with E-state index in [-0.39, 0.29) is 0 Å². The van der Waals surface area contributed by atoms with Crippen LogP contribution in [-0.4, -0.2) is 11.2 Å². The molecule has 2 aromatic rings. The van der Waals surface area contributed by atoms with Crippen LogP contribution in [0.3, 0.4) is 0 Å². The summed E-state index contributed by atoms with van der Waals surface area (Å²) in [6.07, 6.45) is -1.13. The number of hydrogen-bond donors (Lipinski definition) is 4. The molecule has 0 aliphatic carbocycles. The predicted octanol–water partition coefficient (Wildman–Crippen LogP) is 3.79. The van der Waals surface area contributed by atoms with Crippen molar-refractivity contribution in [2.24, 2.45) is 0 Å². The Kier molecular flexibility index (Phi) is 4.28. The molecule has 0 aliphatic rings. The Labute approximate surface area is 122 Å². The Morgan fingerprint density at radius 3 is 2.79 bits per heavy atom. The van der Waals surface area contributed by atoms with Gasteiger partial charge in [-0.3, -0.25) is 5.32 Å². The topological polar surface area (TPSA) is 87.4 Å². The van der Waals surface area contributed by atoms with E-state index in [4.69, 9.17) is 10.8 Å². The van der Waals surface area contributed by atoms with E-state index >= 15 is 0 Å². The molecule has 0 saturated heterocycles. The van der Waals surface area contributed by atoms with Crippen molar-refractivity contribution in [2.45, 2.75) is 6.54 Å². The standard InChI is InChI=1S/C12H12BrN3O2S/c13-7-3-9(19-6-7)5-15-8-1-2-11(10(14)4-8)16-12(17)18/h1-4,6,15-16H,5,14H2,(H,17,18). The maximum absolute atomic E-state index is 10.5. The largest absolute Gasteiger partial charge is 0.465 e. The van der Waals surface area contributed by atoms with Crippen LogP contribution in [-0.2, 0) is 6.54 Å². The molecule has 0 radical (unpaired) electrons. The van der Waals surface area contributed by atoms with E-state index in [9.17, 15) is 4.79 Å². The first-order valence-electron chi connectivity index (χ1n) is 5.41. The van der Waals surface area contributed by atoms with E-state index < -0.39 is 6.09 Å². The van der Waals surface area contributed by atoms with Crippen molar-refractivity contribution in [3.63, 3.8) is 0 Å². The van der Waals surface area contributed by atoms with Gasteiger partial charge in [0.05, 0.1) is 11.4 Å².